The summed E-state index contributed by atoms with van der Waals surface area (Å²) in [6, 6.07) is 6.41. The van der Waals surface area contributed by atoms with Gasteiger partial charge in [-0.25, -0.2) is 17.9 Å². The van der Waals surface area contributed by atoms with E-state index in [2.05, 4.69) is 22.1 Å². The van der Waals surface area contributed by atoms with Crippen LogP contribution in [0.5, 0.6) is 0 Å². The summed E-state index contributed by atoms with van der Waals surface area (Å²) in [7, 11) is -1.29. The maximum Gasteiger partial charge on any atom is 0.338 e. The lowest BCUT2D eigenvalue weighted by Crippen LogP contribution is -2.73. The number of hydrogen-bond acceptors (Lipinski definition) is 10. The number of thiocarbonyl (C=S) groups is 1. The van der Waals surface area contributed by atoms with Crippen molar-refractivity contribution in [3.05, 3.63) is 65.1 Å². The Labute approximate surface area is 232 Å². The fourth-order valence-corrected chi connectivity index (χ4v) is 8.44. The first-order valence-electron chi connectivity index (χ1n) is 12.2. The Morgan fingerprint density at radius 1 is 1.23 bits per heavy atom. The van der Waals surface area contributed by atoms with E-state index in [4.69, 9.17) is 21.7 Å². The Kier molecular flexibility index (Phi) is 7.38. The fraction of sp³-hybridized carbons (Fsp3) is 0.462. The van der Waals surface area contributed by atoms with E-state index < -0.39 is 37.4 Å². The molecule has 3 heterocycles. The third-order valence-electron chi connectivity index (χ3n) is 7.11. The third-order valence-corrected chi connectivity index (χ3v) is 10.2. The number of fused-ring (bicyclic) bond motifs is 1. The van der Waals surface area contributed by atoms with E-state index in [-0.39, 0.29) is 40.9 Å². The van der Waals surface area contributed by atoms with Crippen LogP contribution >= 0.6 is 12.2 Å². The first-order chi connectivity index (χ1) is 18.2. The van der Waals surface area contributed by atoms with Crippen molar-refractivity contribution >= 4 is 38.8 Å². The SMILES string of the molecule is C=CCOC(=O)c1ccc(CC2(c3nnnn3C)C(C)=C(C(=O)C(C)(C)C)N3C(=S)[C@H](OC)[C@H]3S2(=O)=O)cc1. The molecule has 208 valence electrons. The number of sulfone groups is 1. The summed E-state index contributed by atoms with van der Waals surface area (Å²) in [6.07, 6.45) is 0.433. The smallest absolute Gasteiger partial charge is 0.338 e. The summed E-state index contributed by atoms with van der Waals surface area (Å²) in [4.78, 5) is 27.8. The molecule has 0 aliphatic carbocycles. The van der Waals surface area contributed by atoms with Crippen molar-refractivity contribution in [2.24, 2.45) is 12.5 Å². The van der Waals surface area contributed by atoms with Crippen LogP contribution in [0.1, 0.15) is 49.4 Å². The number of nitrogens with zero attached hydrogens (tertiary/aromatic N) is 5. The molecule has 2 aromatic rings. The highest BCUT2D eigenvalue weighted by Gasteiger charge is 2.68. The number of aromatic nitrogens is 4. The van der Waals surface area contributed by atoms with Crippen LogP contribution in [0.25, 0.3) is 0 Å². The quantitative estimate of drug-likeness (QED) is 0.262. The van der Waals surface area contributed by atoms with Crippen LogP contribution in [-0.4, -0.2) is 75.5 Å². The molecule has 11 nitrogen and oxygen atoms in total. The van der Waals surface area contributed by atoms with Gasteiger partial charge in [0.05, 0.1) is 11.3 Å². The van der Waals surface area contributed by atoms with E-state index in [1.54, 1.807) is 59.0 Å². The van der Waals surface area contributed by atoms with Crippen molar-refractivity contribution in [1.29, 1.82) is 0 Å². The van der Waals surface area contributed by atoms with Gasteiger partial charge in [-0.2, -0.15) is 0 Å². The van der Waals surface area contributed by atoms with Gasteiger partial charge in [0.1, 0.15) is 17.7 Å². The van der Waals surface area contributed by atoms with Gasteiger partial charge in [-0.3, -0.25) is 4.79 Å². The van der Waals surface area contributed by atoms with E-state index in [1.165, 1.54) is 22.8 Å². The lowest BCUT2D eigenvalue weighted by Gasteiger charge is -2.56. The minimum absolute atomic E-state index is 0.0565. The Balaban J connectivity index is 1.97. The van der Waals surface area contributed by atoms with Crippen LogP contribution < -0.4 is 0 Å². The number of ether oxygens (including phenoxy) is 2. The van der Waals surface area contributed by atoms with Crippen molar-refractivity contribution in [2.75, 3.05) is 13.7 Å². The molecule has 1 saturated heterocycles. The van der Waals surface area contributed by atoms with Gasteiger partial charge in [-0.05, 0) is 40.6 Å². The Bertz CT molecular complexity index is 1490. The Hall–Kier alpha value is -3.29. The Morgan fingerprint density at radius 3 is 2.38 bits per heavy atom. The van der Waals surface area contributed by atoms with Gasteiger partial charge in [0.25, 0.3) is 0 Å². The maximum absolute atomic E-state index is 14.7. The molecule has 3 atom stereocenters. The second-order valence-electron chi connectivity index (χ2n) is 10.6. The molecule has 2 aliphatic rings. The lowest BCUT2D eigenvalue weighted by molar-refractivity contribution is -0.124. The van der Waals surface area contributed by atoms with Crippen molar-refractivity contribution < 1.29 is 27.5 Å². The van der Waals surface area contributed by atoms with Gasteiger partial charge in [0.2, 0.25) is 0 Å². The molecular weight excluding hydrogens is 542 g/mol. The second kappa shape index (κ2) is 10.0. The number of aryl methyl sites for hydroxylation is 1. The highest BCUT2D eigenvalue weighted by atomic mass is 32.2. The maximum atomic E-state index is 14.7. The zero-order chi connectivity index (χ0) is 28.9. The number of allylic oxidation sites excluding steroid dienone is 1. The number of esters is 1. The van der Waals surface area contributed by atoms with Crippen LogP contribution in [-0.2, 0) is 42.3 Å². The monoisotopic (exact) mass is 573 g/mol. The number of Topliss-reactive ketones (excluding diaryl/α,β-unsaturated/α-hetero) is 1. The predicted octanol–water partition coefficient (Wildman–Crippen LogP) is 2.29. The molecular formula is C26H31N5O6S2. The molecule has 0 amide bonds. The number of rotatable bonds is 8. The molecule has 39 heavy (non-hydrogen) atoms. The summed E-state index contributed by atoms with van der Waals surface area (Å²) in [6.45, 7) is 10.5. The zero-order valence-electron chi connectivity index (χ0n) is 22.7. The van der Waals surface area contributed by atoms with E-state index in [1.807, 2.05) is 0 Å². The summed E-state index contributed by atoms with van der Waals surface area (Å²) >= 11 is 5.53. The third kappa shape index (κ3) is 4.32. The molecule has 13 heteroatoms. The molecule has 2 aliphatic heterocycles. The molecule has 0 saturated carbocycles. The molecule has 4 rings (SSSR count). The number of hydrogen-bond donors (Lipinski definition) is 0. The molecule has 1 unspecified atom stereocenters. The molecule has 0 spiro atoms. The molecule has 0 bridgehead atoms. The van der Waals surface area contributed by atoms with E-state index in [0.29, 0.717) is 11.1 Å². The molecule has 0 radical (unpaired) electrons. The van der Waals surface area contributed by atoms with Gasteiger partial charge in [-0.15, -0.1) is 5.10 Å². The first kappa shape index (κ1) is 28.7. The van der Waals surface area contributed by atoms with Crippen LogP contribution in [0, 0.1) is 5.41 Å². The van der Waals surface area contributed by atoms with Gasteiger partial charge < -0.3 is 14.4 Å². The minimum Gasteiger partial charge on any atom is -0.458 e. The fourth-order valence-electron chi connectivity index (χ4n) is 5.06. The van der Waals surface area contributed by atoms with Gasteiger partial charge >= 0.3 is 5.97 Å². The number of ketones is 1. The first-order valence-corrected chi connectivity index (χ1v) is 14.1. The van der Waals surface area contributed by atoms with E-state index >= 15 is 0 Å². The van der Waals surface area contributed by atoms with Crippen LogP contribution in [0.2, 0.25) is 0 Å². The highest BCUT2D eigenvalue weighted by Crippen LogP contribution is 2.53. The van der Waals surface area contributed by atoms with Gasteiger partial charge in [0, 0.05) is 26.0 Å². The summed E-state index contributed by atoms with van der Waals surface area (Å²) in [5.41, 5.74) is 0.504. The van der Waals surface area contributed by atoms with Crippen molar-refractivity contribution in [1.82, 2.24) is 25.1 Å². The number of methoxy groups -OCH3 is 1. The summed E-state index contributed by atoms with van der Waals surface area (Å²) in [5.74, 6) is -0.743. The topological polar surface area (TPSA) is 134 Å². The van der Waals surface area contributed by atoms with E-state index in [9.17, 15) is 18.0 Å². The molecule has 1 aromatic heterocycles. The average Bonchev–Trinajstić information content (AvgIpc) is 3.31. The Morgan fingerprint density at radius 2 is 1.87 bits per heavy atom. The predicted molar refractivity (Wildman–Crippen MR) is 146 cm³/mol. The molecule has 0 N–H and O–H groups in total. The van der Waals surface area contributed by atoms with Gasteiger partial charge in [0.15, 0.2) is 31.6 Å². The minimum atomic E-state index is -4.23. The van der Waals surface area contributed by atoms with Crippen LogP contribution in [0.3, 0.4) is 0 Å². The van der Waals surface area contributed by atoms with Crippen molar-refractivity contribution in [2.45, 2.75) is 50.3 Å². The van der Waals surface area contributed by atoms with Crippen molar-refractivity contribution in [3.8, 4) is 0 Å². The standard InChI is InChI=1S/C26H31N5O6S2/c1-8-13-37-23(33)17-11-9-16(10-12-17)14-26(24-27-28-29-30(24)6)15(2)18(20(32)25(3,4)5)31-21(38)19(36-7)22(31)39(26,34)35/h8-12,19,22H,1,13-14H2,2-7H3/t19-,22+,26?/m0/s1. The van der Waals surface area contributed by atoms with Crippen LogP contribution in [0.15, 0.2) is 48.2 Å². The number of tetrazole rings is 1. The number of benzene rings is 1. The average molecular weight is 574 g/mol. The number of carbonyl (C=O) groups excluding carboxylic acids is 2. The molecule has 1 fully saturated rings. The summed E-state index contributed by atoms with van der Waals surface area (Å²) in [5, 5.41) is 10.6. The van der Waals surface area contributed by atoms with Crippen molar-refractivity contribution in [3.63, 3.8) is 0 Å². The van der Waals surface area contributed by atoms with E-state index in [0.717, 1.165) is 0 Å². The zero-order valence-corrected chi connectivity index (χ0v) is 24.3. The van der Waals surface area contributed by atoms with Crippen LogP contribution in [0.4, 0.5) is 0 Å². The largest absolute Gasteiger partial charge is 0.458 e. The molecule has 1 aromatic carbocycles. The second-order valence-corrected chi connectivity index (χ2v) is 13.3. The summed E-state index contributed by atoms with van der Waals surface area (Å²) < 4.78 is 39.4. The lowest BCUT2D eigenvalue weighted by atomic mass is 9.81. The van der Waals surface area contributed by atoms with Gasteiger partial charge in [-0.1, -0.05) is 57.8 Å². The highest BCUT2D eigenvalue weighted by molar-refractivity contribution is 7.93. The normalized spacial score (nSPS) is 24.2. The number of carbonyl (C=O) groups is 2.